The molecule has 0 aromatic heterocycles. The van der Waals surface area contributed by atoms with Crippen LogP contribution >= 0.6 is 12.8 Å². The maximum absolute atomic E-state index is 12.0. The Balaban J connectivity index is 1.70. The van der Waals surface area contributed by atoms with Gasteiger partial charge < -0.3 is 10.1 Å². The summed E-state index contributed by atoms with van der Waals surface area (Å²) in [6.07, 6.45) is 5.30. The summed E-state index contributed by atoms with van der Waals surface area (Å²) in [7, 11) is 0. The van der Waals surface area contributed by atoms with E-state index in [4.69, 9.17) is 4.74 Å². The Morgan fingerprint density at radius 1 is 1.08 bits per heavy atom. The second-order valence-electron chi connectivity index (χ2n) is 6.19. The number of urea groups is 1. The molecule has 2 aromatic carbocycles. The molecular formula is C21H28N2O2S. The van der Waals surface area contributed by atoms with Gasteiger partial charge in [-0.15, -0.1) is 0 Å². The molecule has 0 heterocycles. The highest BCUT2D eigenvalue weighted by molar-refractivity contribution is 7.82. The molecular weight excluding hydrogens is 344 g/mol. The largest absolute Gasteiger partial charge is 0.494 e. The van der Waals surface area contributed by atoms with E-state index in [1.54, 1.807) is 0 Å². The lowest BCUT2D eigenvalue weighted by atomic mass is 10.1. The molecule has 4 nitrogen and oxygen atoms in total. The number of amides is 2. The van der Waals surface area contributed by atoms with Crippen LogP contribution < -0.4 is 14.4 Å². The Kier molecular flexibility index (Phi) is 8.90. The van der Waals surface area contributed by atoms with Gasteiger partial charge in [-0.2, -0.15) is 0 Å². The summed E-state index contributed by atoms with van der Waals surface area (Å²) in [5, 5.41) is 2.80. The van der Waals surface area contributed by atoms with Crippen molar-refractivity contribution >= 4 is 24.5 Å². The van der Waals surface area contributed by atoms with Gasteiger partial charge in [-0.25, -0.2) is 9.10 Å². The summed E-state index contributed by atoms with van der Waals surface area (Å²) in [6, 6.07) is 17.8. The average Bonchev–Trinajstić information content (AvgIpc) is 2.69. The molecule has 140 valence electrons. The smallest absolute Gasteiger partial charge is 0.331 e. The first-order chi connectivity index (χ1) is 12.7. The van der Waals surface area contributed by atoms with E-state index in [9.17, 15) is 4.79 Å². The number of anilines is 1. The summed E-state index contributed by atoms with van der Waals surface area (Å²) in [6.45, 7) is 3.32. The number of hydrogen-bond donors (Lipinski definition) is 2. The molecule has 0 saturated carbocycles. The SMILES string of the molecule is CCCNC(=O)N(S)c1cccc(OCCCCCc2ccccc2)c1. The molecule has 0 unspecified atom stereocenters. The Labute approximate surface area is 162 Å². The van der Waals surface area contributed by atoms with Crippen LogP contribution in [-0.2, 0) is 6.42 Å². The number of hydrogen-bond acceptors (Lipinski definition) is 3. The minimum Gasteiger partial charge on any atom is -0.494 e. The maximum atomic E-state index is 12.0. The van der Waals surface area contributed by atoms with E-state index < -0.39 is 0 Å². The molecule has 0 bridgehead atoms. The van der Waals surface area contributed by atoms with Gasteiger partial charge in [-0.1, -0.05) is 56.1 Å². The molecule has 2 aromatic rings. The van der Waals surface area contributed by atoms with Crippen LogP contribution in [-0.4, -0.2) is 19.2 Å². The van der Waals surface area contributed by atoms with E-state index in [1.807, 2.05) is 37.3 Å². The zero-order chi connectivity index (χ0) is 18.6. The third-order valence-corrected chi connectivity index (χ3v) is 4.41. The normalized spacial score (nSPS) is 10.4. The fraction of sp³-hybridized carbons (Fsp3) is 0.381. The van der Waals surface area contributed by atoms with Gasteiger partial charge in [0.1, 0.15) is 5.75 Å². The Morgan fingerprint density at radius 2 is 1.88 bits per heavy atom. The van der Waals surface area contributed by atoms with Crippen LogP contribution in [0.5, 0.6) is 5.75 Å². The van der Waals surface area contributed by atoms with Gasteiger partial charge >= 0.3 is 6.03 Å². The first-order valence-electron chi connectivity index (χ1n) is 9.24. The van der Waals surface area contributed by atoms with Crippen LogP contribution in [0.15, 0.2) is 54.6 Å². The number of nitrogens with one attached hydrogen (secondary N) is 1. The minimum absolute atomic E-state index is 0.228. The molecule has 2 rings (SSSR count). The highest BCUT2D eigenvalue weighted by atomic mass is 32.1. The van der Waals surface area contributed by atoms with Crippen LogP contribution in [0.3, 0.4) is 0 Å². The predicted octanol–water partition coefficient (Wildman–Crippen LogP) is 5.25. The second-order valence-corrected chi connectivity index (χ2v) is 6.59. The van der Waals surface area contributed by atoms with Crippen LogP contribution in [0.1, 0.15) is 38.2 Å². The quantitative estimate of drug-likeness (QED) is 0.442. The highest BCUT2D eigenvalue weighted by Crippen LogP contribution is 2.23. The molecule has 1 N–H and O–H groups in total. The number of ether oxygens (including phenoxy) is 1. The van der Waals surface area contributed by atoms with E-state index in [0.717, 1.165) is 37.9 Å². The number of carbonyl (C=O) groups is 1. The molecule has 2 amide bonds. The Bertz CT molecular complexity index is 664. The number of carbonyl (C=O) groups excluding carboxylic acids is 1. The van der Waals surface area contributed by atoms with Gasteiger partial charge in [0.15, 0.2) is 0 Å². The lowest BCUT2D eigenvalue weighted by molar-refractivity contribution is 0.250. The summed E-state index contributed by atoms with van der Waals surface area (Å²) < 4.78 is 7.13. The third kappa shape index (κ3) is 7.00. The van der Waals surface area contributed by atoms with Crippen molar-refractivity contribution in [2.75, 3.05) is 17.5 Å². The third-order valence-electron chi connectivity index (χ3n) is 4.00. The zero-order valence-electron chi connectivity index (χ0n) is 15.4. The van der Waals surface area contributed by atoms with E-state index in [-0.39, 0.29) is 6.03 Å². The monoisotopic (exact) mass is 372 g/mol. The standard InChI is InChI=1S/C21H28N2O2S/c1-2-15-22-21(24)23(26)19-13-9-14-20(17-19)25-16-8-4-7-12-18-10-5-3-6-11-18/h3,5-6,9-11,13-14,17,26H,2,4,7-8,12,15-16H2,1H3,(H,22,24). The molecule has 0 saturated heterocycles. The lowest BCUT2D eigenvalue weighted by Gasteiger charge is -2.17. The summed E-state index contributed by atoms with van der Waals surface area (Å²) in [5.74, 6) is 0.757. The van der Waals surface area contributed by atoms with Crippen molar-refractivity contribution in [3.63, 3.8) is 0 Å². The van der Waals surface area contributed by atoms with Gasteiger partial charge in [0, 0.05) is 12.6 Å². The fourth-order valence-corrected chi connectivity index (χ4v) is 2.77. The van der Waals surface area contributed by atoms with Crippen LogP contribution in [0.4, 0.5) is 10.5 Å². The highest BCUT2D eigenvalue weighted by Gasteiger charge is 2.11. The van der Waals surface area contributed by atoms with E-state index in [2.05, 4.69) is 42.4 Å². The topological polar surface area (TPSA) is 41.6 Å². The number of benzene rings is 2. The van der Waals surface area contributed by atoms with Gasteiger partial charge in [-0.3, -0.25) is 0 Å². The summed E-state index contributed by atoms with van der Waals surface area (Å²) >= 11 is 4.27. The zero-order valence-corrected chi connectivity index (χ0v) is 16.3. The number of thiol groups is 1. The Hall–Kier alpha value is -2.14. The van der Waals surface area contributed by atoms with Crippen molar-refractivity contribution in [2.24, 2.45) is 0 Å². The molecule has 0 radical (unpaired) electrons. The lowest BCUT2D eigenvalue weighted by Crippen LogP contribution is -2.34. The number of rotatable bonds is 10. The van der Waals surface area contributed by atoms with E-state index >= 15 is 0 Å². The van der Waals surface area contributed by atoms with Crippen molar-refractivity contribution in [3.8, 4) is 5.75 Å². The number of aryl methyl sites for hydroxylation is 1. The van der Waals surface area contributed by atoms with E-state index in [1.165, 1.54) is 9.87 Å². The van der Waals surface area contributed by atoms with E-state index in [0.29, 0.717) is 18.8 Å². The first-order valence-corrected chi connectivity index (χ1v) is 9.64. The predicted molar refractivity (Wildman–Crippen MR) is 111 cm³/mol. The Morgan fingerprint density at radius 3 is 2.65 bits per heavy atom. The minimum atomic E-state index is -0.228. The molecule has 0 spiro atoms. The molecule has 0 atom stereocenters. The van der Waals surface area contributed by atoms with Crippen molar-refractivity contribution in [3.05, 3.63) is 60.2 Å². The van der Waals surface area contributed by atoms with Crippen LogP contribution in [0.25, 0.3) is 0 Å². The molecule has 26 heavy (non-hydrogen) atoms. The van der Waals surface area contributed by atoms with Gasteiger partial charge in [0.05, 0.1) is 12.3 Å². The fourth-order valence-electron chi connectivity index (χ4n) is 2.57. The maximum Gasteiger partial charge on any atom is 0.331 e. The molecule has 0 fully saturated rings. The molecule has 0 aliphatic rings. The van der Waals surface area contributed by atoms with Gasteiger partial charge in [-0.05, 0) is 49.8 Å². The molecule has 0 aliphatic carbocycles. The number of unbranched alkanes of at least 4 members (excludes halogenated alkanes) is 2. The van der Waals surface area contributed by atoms with Crippen molar-refractivity contribution < 1.29 is 9.53 Å². The second kappa shape index (κ2) is 11.5. The van der Waals surface area contributed by atoms with Gasteiger partial charge in [0.2, 0.25) is 0 Å². The van der Waals surface area contributed by atoms with Crippen molar-refractivity contribution in [1.82, 2.24) is 5.32 Å². The average molecular weight is 373 g/mol. The first kappa shape index (κ1) is 20.2. The van der Waals surface area contributed by atoms with Gasteiger partial charge in [0.25, 0.3) is 0 Å². The van der Waals surface area contributed by atoms with Crippen molar-refractivity contribution in [1.29, 1.82) is 0 Å². The summed E-state index contributed by atoms with van der Waals surface area (Å²) in [5.41, 5.74) is 2.08. The molecule has 0 aliphatic heterocycles. The molecule has 5 heteroatoms. The summed E-state index contributed by atoms with van der Waals surface area (Å²) in [4.78, 5) is 12.0. The van der Waals surface area contributed by atoms with Crippen LogP contribution in [0.2, 0.25) is 0 Å². The number of nitrogens with zero attached hydrogens (tertiary/aromatic N) is 1. The van der Waals surface area contributed by atoms with Crippen LogP contribution in [0, 0.1) is 0 Å². The van der Waals surface area contributed by atoms with Crippen molar-refractivity contribution in [2.45, 2.75) is 39.0 Å².